The quantitative estimate of drug-likeness (QED) is 0.461. The average Bonchev–Trinajstić information content (AvgIpc) is 3.23. The van der Waals surface area contributed by atoms with Crippen molar-refractivity contribution in [2.45, 2.75) is 26.3 Å². The number of rotatable bonds is 3. The van der Waals surface area contributed by atoms with Crippen molar-refractivity contribution in [2.75, 3.05) is 37.6 Å². The molecule has 2 atom stereocenters. The predicted octanol–water partition coefficient (Wildman–Crippen LogP) is 1.59. The lowest BCUT2D eigenvalue weighted by atomic mass is 10.3. The van der Waals surface area contributed by atoms with Crippen molar-refractivity contribution in [1.82, 2.24) is 20.2 Å². The Morgan fingerprint density at radius 2 is 1.91 bits per heavy atom. The Hall–Kier alpha value is -1.12. The Kier molecular flexibility index (Phi) is 6.22. The highest BCUT2D eigenvalue weighted by Gasteiger charge is 2.34. The summed E-state index contributed by atoms with van der Waals surface area (Å²) >= 11 is 0. The Bertz CT molecular complexity index is 486. The summed E-state index contributed by atoms with van der Waals surface area (Å²) in [6, 6.07) is 2.47. The van der Waals surface area contributed by atoms with Crippen molar-refractivity contribution < 1.29 is 0 Å². The van der Waals surface area contributed by atoms with Gasteiger partial charge in [0.25, 0.3) is 0 Å². The van der Waals surface area contributed by atoms with Crippen LogP contribution in [0.5, 0.6) is 0 Å². The number of aromatic nitrogens is 2. The first-order valence-corrected chi connectivity index (χ1v) is 7.86. The van der Waals surface area contributed by atoms with E-state index < -0.39 is 0 Å². The minimum absolute atomic E-state index is 0. The maximum absolute atomic E-state index is 4.64. The SMILES string of the molecule is CCN=C(NC1CC1C)N1CCN(c2ncccn2)CC1.I. The first kappa shape index (κ1) is 17.2. The van der Waals surface area contributed by atoms with Crippen molar-refractivity contribution in [3.05, 3.63) is 18.5 Å². The van der Waals surface area contributed by atoms with Gasteiger partial charge in [-0.05, 0) is 25.3 Å². The molecule has 1 saturated heterocycles. The summed E-state index contributed by atoms with van der Waals surface area (Å²) < 4.78 is 0. The van der Waals surface area contributed by atoms with E-state index in [1.165, 1.54) is 6.42 Å². The van der Waals surface area contributed by atoms with Crippen molar-refractivity contribution >= 4 is 35.9 Å². The number of hydrogen-bond acceptors (Lipinski definition) is 4. The molecule has 2 fully saturated rings. The highest BCUT2D eigenvalue weighted by Crippen LogP contribution is 2.29. The maximum Gasteiger partial charge on any atom is 0.225 e. The average molecular weight is 416 g/mol. The van der Waals surface area contributed by atoms with Crippen LogP contribution in [0.2, 0.25) is 0 Å². The van der Waals surface area contributed by atoms with Crippen LogP contribution < -0.4 is 10.2 Å². The van der Waals surface area contributed by atoms with Crippen LogP contribution in [0, 0.1) is 5.92 Å². The third-order valence-electron chi connectivity index (χ3n) is 4.15. The molecule has 1 aromatic rings. The molecule has 1 aromatic heterocycles. The van der Waals surface area contributed by atoms with E-state index in [1.54, 1.807) is 12.4 Å². The molecule has 1 saturated carbocycles. The van der Waals surface area contributed by atoms with E-state index in [2.05, 4.69) is 43.9 Å². The van der Waals surface area contributed by atoms with Crippen LogP contribution in [0.25, 0.3) is 0 Å². The van der Waals surface area contributed by atoms with E-state index in [0.29, 0.717) is 6.04 Å². The van der Waals surface area contributed by atoms with Crippen molar-refractivity contribution in [2.24, 2.45) is 10.9 Å². The number of aliphatic imine (C=N–C) groups is 1. The summed E-state index contributed by atoms with van der Waals surface area (Å²) in [4.78, 5) is 17.9. The molecule has 22 heavy (non-hydrogen) atoms. The van der Waals surface area contributed by atoms with Crippen LogP contribution in [-0.4, -0.2) is 59.6 Å². The largest absolute Gasteiger partial charge is 0.353 e. The third-order valence-corrected chi connectivity index (χ3v) is 4.15. The molecule has 2 heterocycles. The van der Waals surface area contributed by atoms with E-state index in [4.69, 9.17) is 0 Å². The number of piperazine rings is 1. The fourth-order valence-corrected chi connectivity index (χ4v) is 2.65. The van der Waals surface area contributed by atoms with Gasteiger partial charge in [0.2, 0.25) is 5.95 Å². The molecule has 122 valence electrons. The zero-order valence-electron chi connectivity index (χ0n) is 13.3. The Labute approximate surface area is 149 Å². The van der Waals surface area contributed by atoms with Gasteiger partial charge in [-0.3, -0.25) is 4.99 Å². The summed E-state index contributed by atoms with van der Waals surface area (Å²) in [6.45, 7) is 9.00. The summed E-state index contributed by atoms with van der Waals surface area (Å²) in [6.07, 6.45) is 4.87. The molecular formula is C15H25IN6. The van der Waals surface area contributed by atoms with Gasteiger partial charge in [-0.2, -0.15) is 0 Å². The summed E-state index contributed by atoms with van der Waals surface area (Å²) in [5, 5.41) is 3.59. The first-order chi connectivity index (χ1) is 10.3. The summed E-state index contributed by atoms with van der Waals surface area (Å²) in [7, 11) is 0. The molecule has 0 bridgehead atoms. The van der Waals surface area contributed by atoms with Crippen LogP contribution in [0.1, 0.15) is 20.3 Å². The number of hydrogen-bond donors (Lipinski definition) is 1. The van der Waals surface area contributed by atoms with E-state index in [0.717, 1.165) is 50.5 Å². The topological polar surface area (TPSA) is 56.7 Å². The van der Waals surface area contributed by atoms with Gasteiger partial charge in [0, 0.05) is 51.2 Å². The standard InChI is InChI=1S/C15H24N6.HI/c1-3-16-15(19-13-11-12(13)2)21-9-7-20(8-10-21)14-17-5-4-6-18-14;/h4-6,12-13H,3,7-11H2,1-2H3,(H,16,19);1H. The second kappa shape index (κ2) is 7.94. The molecule has 7 heteroatoms. The molecule has 0 radical (unpaired) electrons. The molecule has 6 nitrogen and oxygen atoms in total. The fourth-order valence-electron chi connectivity index (χ4n) is 2.65. The summed E-state index contributed by atoms with van der Waals surface area (Å²) in [5.74, 6) is 2.68. The lowest BCUT2D eigenvalue weighted by Crippen LogP contribution is -2.53. The van der Waals surface area contributed by atoms with Crippen LogP contribution in [0.3, 0.4) is 0 Å². The lowest BCUT2D eigenvalue weighted by Gasteiger charge is -2.36. The molecule has 0 spiro atoms. The number of guanidine groups is 1. The first-order valence-electron chi connectivity index (χ1n) is 7.86. The van der Waals surface area contributed by atoms with E-state index in [1.807, 2.05) is 6.07 Å². The van der Waals surface area contributed by atoms with E-state index in [9.17, 15) is 0 Å². The fraction of sp³-hybridized carbons (Fsp3) is 0.667. The minimum Gasteiger partial charge on any atom is -0.353 e. The van der Waals surface area contributed by atoms with Gasteiger partial charge in [-0.25, -0.2) is 9.97 Å². The van der Waals surface area contributed by atoms with Crippen LogP contribution in [0.4, 0.5) is 5.95 Å². The molecule has 1 aliphatic heterocycles. The molecule has 1 N–H and O–H groups in total. The molecule has 1 aliphatic carbocycles. The van der Waals surface area contributed by atoms with Crippen LogP contribution in [0.15, 0.2) is 23.5 Å². The molecule has 2 unspecified atom stereocenters. The van der Waals surface area contributed by atoms with Gasteiger partial charge in [0.05, 0.1) is 0 Å². The van der Waals surface area contributed by atoms with Gasteiger partial charge in [-0.1, -0.05) is 6.92 Å². The van der Waals surface area contributed by atoms with Crippen molar-refractivity contribution in [3.8, 4) is 0 Å². The lowest BCUT2D eigenvalue weighted by molar-refractivity contribution is 0.368. The summed E-state index contributed by atoms with van der Waals surface area (Å²) in [5.41, 5.74) is 0. The molecule has 0 amide bonds. The van der Waals surface area contributed by atoms with Gasteiger partial charge >= 0.3 is 0 Å². The van der Waals surface area contributed by atoms with Crippen LogP contribution in [-0.2, 0) is 0 Å². The molecule has 0 aromatic carbocycles. The van der Waals surface area contributed by atoms with Crippen molar-refractivity contribution in [1.29, 1.82) is 0 Å². The smallest absolute Gasteiger partial charge is 0.225 e. The highest BCUT2D eigenvalue weighted by molar-refractivity contribution is 14.0. The molecular weight excluding hydrogens is 391 g/mol. The highest BCUT2D eigenvalue weighted by atomic mass is 127. The number of nitrogens with zero attached hydrogens (tertiary/aromatic N) is 5. The van der Waals surface area contributed by atoms with Gasteiger partial charge in [0.1, 0.15) is 0 Å². The Morgan fingerprint density at radius 3 is 2.45 bits per heavy atom. The maximum atomic E-state index is 4.64. The van der Waals surface area contributed by atoms with Crippen LogP contribution >= 0.6 is 24.0 Å². The predicted molar refractivity (Wildman–Crippen MR) is 99.9 cm³/mol. The Morgan fingerprint density at radius 1 is 1.27 bits per heavy atom. The Balaban J connectivity index is 0.00000176. The third kappa shape index (κ3) is 4.21. The van der Waals surface area contributed by atoms with Gasteiger partial charge < -0.3 is 15.1 Å². The second-order valence-electron chi connectivity index (χ2n) is 5.78. The van der Waals surface area contributed by atoms with E-state index >= 15 is 0 Å². The minimum atomic E-state index is 0. The number of halogens is 1. The zero-order chi connectivity index (χ0) is 14.7. The van der Waals surface area contributed by atoms with E-state index in [-0.39, 0.29) is 24.0 Å². The number of nitrogens with one attached hydrogen (secondary N) is 1. The zero-order valence-corrected chi connectivity index (χ0v) is 15.6. The monoisotopic (exact) mass is 416 g/mol. The number of anilines is 1. The normalized spacial score (nSPS) is 24.7. The molecule has 2 aliphatic rings. The second-order valence-corrected chi connectivity index (χ2v) is 5.78. The van der Waals surface area contributed by atoms with Crippen molar-refractivity contribution in [3.63, 3.8) is 0 Å². The van der Waals surface area contributed by atoms with Gasteiger partial charge in [-0.15, -0.1) is 24.0 Å². The van der Waals surface area contributed by atoms with Gasteiger partial charge in [0.15, 0.2) is 5.96 Å². The molecule has 3 rings (SSSR count).